The molecule has 1 aromatic rings. The minimum absolute atomic E-state index is 0.0132. The van der Waals surface area contributed by atoms with Crippen LogP contribution in [-0.2, 0) is 16.1 Å². The average Bonchev–Trinajstić information content (AvgIpc) is 3.18. The second-order valence-electron chi connectivity index (χ2n) is 5.73. The molecule has 6 heteroatoms. The van der Waals surface area contributed by atoms with Crippen LogP contribution in [0, 0.1) is 5.92 Å². The van der Waals surface area contributed by atoms with Gasteiger partial charge in [0.1, 0.15) is 11.6 Å². The monoisotopic (exact) mass is 356 g/mol. The molecule has 4 nitrogen and oxygen atoms in total. The van der Waals surface area contributed by atoms with Crippen LogP contribution >= 0.6 is 27.3 Å². The van der Waals surface area contributed by atoms with Gasteiger partial charge in [-0.1, -0.05) is 0 Å². The zero-order valence-electron chi connectivity index (χ0n) is 11.5. The summed E-state index contributed by atoms with van der Waals surface area (Å²) < 4.78 is 1.01. The third-order valence-corrected chi connectivity index (χ3v) is 6.28. The number of rotatable bonds is 3. The maximum absolute atomic E-state index is 12.6. The summed E-state index contributed by atoms with van der Waals surface area (Å²) in [5.41, 5.74) is -0.701. The fraction of sp³-hybridized carbons (Fsp3) is 0.571. The molecular formula is C14H17BrN2O2S. The lowest BCUT2D eigenvalue weighted by Crippen LogP contribution is -2.69. The van der Waals surface area contributed by atoms with E-state index in [1.165, 1.54) is 0 Å². The predicted molar refractivity (Wildman–Crippen MR) is 81.3 cm³/mol. The maximum Gasteiger partial charge on any atom is 0.246 e. The highest BCUT2D eigenvalue weighted by Gasteiger charge is 2.56. The number of halogens is 1. The van der Waals surface area contributed by atoms with Gasteiger partial charge in [-0.15, -0.1) is 11.3 Å². The Balaban J connectivity index is 1.96. The average molecular weight is 357 g/mol. The number of amides is 2. The van der Waals surface area contributed by atoms with Gasteiger partial charge in [0.2, 0.25) is 11.8 Å². The summed E-state index contributed by atoms with van der Waals surface area (Å²) in [4.78, 5) is 27.9. The first-order chi connectivity index (χ1) is 9.44. The quantitative estimate of drug-likeness (QED) is 0.904. The molecule has 20 heavy (non-hydrogen) atoms. The lowest BCUT2D eigenvalue weighted by molar-refractivity contribution is -0.158. The van der Waals surface area contributed by atoms with Crippen molar-refractivity contribution in [3.63, 3.8) is 0 Å². The normalized spacial score (nSPS) is 30.6. The minimum Gasteiger partial charge on any atom is -0.343 e. The van der Waals surface area contributed by atoms with Crippen molar-refractivity contribution < 1.29 is 9.59 Å². The summed E-state index contributed by atoms with van der Waals surface area (Å²) >= 11 is 5.11. The van der Waals surface area contributed by atoms with Gasteiger partial charge in [0.15, 0.2) is 0 Å². The van der Waals surface area contributed by atoms with Crippen LogP contribution in [0.5, 0.6) is 0 Å². The molecule has 108 valence electrons. The number of thiophene rings is 1. The van der Waals surface area contributed by atoms with Crippen molar-refractivity contribution in [2.45, 2.75) is 44.8 Å². The second kappa shape index (κ2) is 4.84. The number of hydrogen-bond donors (Lipinski definition) is 1. The molecule has 0 bridgehead atoms. The summed E-state index contributed by atoms with van der Waals surface area (Å²) in [6.07, 6.45) is 2.04. The molecular weight excluding hydrogens is 340 g/mol. The second-order valence-corrected chi connectivity index (χ2v) is 7.59. The Kier molecular flexibility index (Phi) is 3.41. The van der Waals surface area contributed by atoms with Crippen LogP contribution in [0.4, 0.5) is 0 Å². The van der Waals surface area contributed by atoms with Gasteiger partial charge in [-0.25, -0.2) is 0 Å². The summed E-state index contributed by atoms with van der Waals surface area (Å²) in [5.74, 6) is 0.289. The van der Waals surface area contributed by atoms with Gasteiger partial charge in [0, 0.05) is 9.35 Å². The SMILES string of the molecule is CC1NC(=O)C(C)(C2CC2)N(Cc2sccc2Br)C1=O. The van der Waals surface area contributed by atoms with Gasteiger partial charge in [-0.05, 0) is 60.0 Å². The van der Waals surface area contributed by atoms with Crippen LogP contribution in [0.15, 0.2) is 15.9 Å². The first-order valence-corrected chi connectivity index (χ1v) is 8.46. The summed E-state index contributed by atoms with van der Waals surface area (Å²) in [6, 6.07) is 1.54. The molecule has 0 spiro atoms. The molecule has 3 rings (SSSR count). The van der Waals surface area contributed by atoms with E-state index in [0.717, 1.165) is 22.2 Å². The van der Waals surface area contributed by atoms with Crippen molar-refractivity contribution in [1.82, 2.24) is 10.2 Å². The first kappa shape index (κ1) is 14.1. The number of piperazine rings is 1. The fourth-order valence-electron chi connectivity index (χ4n) is 2.86. The molecule has 2 heterocycles. The largest absolute Gasteiger partial charge is 0.343 e. The van der Waals surface area contributed by atoms with Crippen molar-refractivity contribution in [2.75, 3.05) is 0 Å². The van der Waals surface area contributed by atoms with Crippen molar-refractivity contribution in [3.05, 3.63) is 20.8 Å². The number of carbonyl (C=O) groups excluding carboxylic acids is 2. The van der Waals surface area contributed by atoms with Gasteiger partial charge in [-0.3, -0.25) is 9.59 Å². The molecule has 0 radical (unpaired) electrons. The summed E-state index contributed by atoms with van der Waals surface area (Å²) in [5, 5.41) is 4.82. The van der Waals surface area contributed by atoms with Gasteiger partial charge >= 0.3 is 0 Å². The van der Waals surface area contributed by atoms with Crippen LogP contribution in [-0.4, -0.2) is 28.3 Å². The number of nitrogens with one attached hydrogen (secondary N) is 1. The van der Waals surface area contributed by atoms with Crippen LogP contribution in [0.2, 0.25) is 0 Å². The molecule has 2 aliphatic rings. The lowest BCUT2D eigenvalue weighted by atomic mass is 9.88. The number of carbonyl (C=O) groups is 2. The Bertz CT molecular complexity index is 569. The van der Waals surface area contributed by atoms with Crippen LogP contribution in [0.3, 0.4) is 0 Å². The van der Waals surface area contributed by atoms with E-state index in [1.807, 2.05) is 18.4 Å². The third-order valence-electron chi connectivity index (χ3n) is 4.37. The predicted octanol–water partition coefficient (Wildman–Crippen LogP) is 2.53. The van der Waals surface area contributed by atoms with Gasteiger partial charge < -0.3 is 10.2 Å². The first-order valence-electron chi connectivity index (χ1n) is 6.79. The maximum atomic E-state index is 12.6. The molecule has 1 saturated carbocycles. The van der Waals surface area contributed by atoms with E-state index in [1.54, 1.807) is 23.2 Å². The Labute approximate surface area is 130 Å². The fourth-order valence-corrected chi connectivity index (χ4v) is 4.33. The van der Waals surface area contributed by atoms with E-state index < -0.39 is 11.6 Å². The molecule has 1 N–H and O–H groups in total. The summed E-state index contributed by atoms with van der Waals surface area (Å²) in [6.45, 7) is 4.16. The molecule has 1 aliphatic carbocycles. The Hall–Kier alpha value is -0.880. The van der Waals surface area contributed by atoms with Gasteiger partial charge in [-0.2, -0.15) is 0 Å². The molecule has 1 aliphatic heterocycles. The van der Waals surface area contributed by atoms with Crippen molar-refractivity contribution >= 4 is 39.1 Å². The number of nitrogens with zero attached hydrogens (tertiary/aromatic N) is 1. The molecule has 2 amide bonds. The Morgan fingerprint density at radius 1 is 1.50 bits per heavy atom. The van der Waals surface area contributed by atoms with E-state index >= 15 is 0 Å². The van der Waals surface area contributed by atoms with Crippen molar-refractivity contribution in [1.29, 1.82) is 0 Å². The zero-order valence-corrected chi connectivity index (χ0v) is 13.9. The molecule has 0 aromatic carbocycles. The standard InChI is InChI=1S/C14H17BrN2O2S/c1-8-12(18)17(7-11-10(15)5-6-20-11)14(2,9-3-4-9)13(19)16-8/h5-6,8-9H,3-4,7H2,1-2H3,(H,16,19). The van der Waals surface area contributed by atoms with E-state index in [4.69, 9.17) is 0 Å². The number of hydrogen-bond acceptors (Lipinski definition) is 3. The van der Waals surface area contributed by atoms with E-state index in [0.29, 0.717) is 6.54 Å². The third kappa shape index (κ3) is 2.09. The smallest absolute Gasteiger partial charge is 0.246 e. The van der Waals surface area contributed by atoms with E-state index in [2.05, 4.69) is 21.2 Å². The molecule has 2 atom stereocenters. The van der Waals surface area contributed by atoms with Gasteiger partial charge in [0.25, 0.3) is 0 Å². The molecule has 2 fully saturated rings. The topological polar surface area (TPSA) is 49.4 Å². The zero-order chi connectivity index (χ0) is 14.5. The molecule has 1 aromatic heterocycles. The molecule has 2 unspecified atom stereocenters. The highest BCUT2D eigenvalue weighted by molar-refractivity contribution is 9.10. The van der Waals surface area contributed by atoms with E-state index in [9.17, 15) is 9.59 Å². The van der Waals surface area contributed by atoms with Crippen molar-refractivity contribution in [2.24, 2.45) is 5.92 Å². The van der Waals surface area contributed by atoms with Crippen LogP contribution in [0.1, 0.15) is 31.6 Å². The Morgan fingerprint density at radius 2 is 2.20 bits per heavy atom. The van der Waals surface area contributed by atoms with Crippen LogP contribution < -0.4 is 5.32 Å². The summed E-state index contributed by atoms with van der Waals surface area (Å²) in [7, 11) is 0. The lowest BCUT2D eigenvalue weighted by Gasteiger charge is -2.46. The van der Waals surface area contributed by atoms with E-state index in [-0.39, 0.29) is 17.7 Å². The van der Waals surface area contributed by atoms with Gasteiger partial charge in [0.05, 0.1) is 6.54 Å². The van der Waals surface area contributed by atoms with Crippen LogP contribution in [0.25, 0.3) is 0 Å². The van der Waals surface area contributed by atoms with Crippen molar-refractivity contribution in [3.8, 4) is 0 Å². The highest BCUT2D eigenvalue weighted by atomic mass is 79.9. The molecule has 1 saturated heterocycles. The minimum atomic E-state index is -0.701. The highest BCUT2D eigenvalue weighted by Crippen LogP contribution is 2.45. The Morgan fingerprint density at radius 3 is 2.75 bits per heavy atom.